The average Bonchev–Trinajstić information content (AvgIpc) is 2.78. The molecule has 0 radical (unpaired) electrons. The van der Waals surface area contributed by atoms with Gasteiger partial charge in [-0.2, -0.15) is 0 Å². The van der Waals surface area contributed by atoms with Crippen LogP contribution in [-0.2, 0) is 9.47 Å². The molecule has 20 heavy (non-hydrogen) atoms. The molecule has 1 saturated heterocycles. The molecular formula is C15H30N2O3. The van der Waals surface area contributed by atoms with Crippen molar-refractivity contribution < 1.29 is 14.3 Å². The summed E-state index contributed by atoms with van der Waals surface area (Å²) >= 11 is 0. The van der Waals surface area contributed by atoms with E-state index in [-0.39, 0.29) is 12.1 Å². The SMILES string of the molecule is CC(C)C(CNC(=O)OC(C)(C)C)NCC1CCOC1. The highest BCUT2D eigenvalue weighted by atomic mass is 16.6. The molecule has 2 atom stereocenters. The smallest absolute Gasteiger partial charge is 0.407 e. The third-order valence-electron chi connectivity index (χ3n) is 3.36. The first-order valence-corrected chi connectivity index (χ1v) is 7.56. The monoisotopic (exact) mass is 286 g/mol. The predicted octanol–water partition coefficient (Wildman–Crippen LogP) is 2.16. The Balaban J connectivity index is 2.29. The fraction of sp³-hybridized carbons (Fsp3) is 0.933. The summed E-state index contributed by atoms with van der Waals surface area (Å²) in [5, 5.41) is 6.37. The van der Waals surface area contributed by atoms with E-state index in [4.69, 9.17) is 9.47 Å². The Bertz CT molecular complexity index is 294. The molecule has 1 aliphatic rings. The Morgan fingerprint density at radius 3 is 2.60 bits per heavy atom. The van der Waals surface area contributed by atoms with Crippen molar-refractivity contribution in [2.45, 2.75) is 52.7 Å². The fourth-order valence-corrected chi connectivity index (χ4v) is 2.11. The lowest BCUT2D eigenvalue weighted by molar-refractivity contribution is 0.0519. The molecule has 1 heterocycles. The van der Waals surface area contributed by atoms with E-state index in [1.165, 1.54) is 0 Å². The van der Waals surface area contributed by atoms with Crippen LogP contribution in [0.25, 0.3) is 0 Å². The molecule has 1 rings (SSSR count). The van der Waals surface area contributed by atoms with E-state index in [0.717, 1.165) is 26.2 Å². The van der Waals surface area contributed by atoms with Gasteiger partial charge in [0.15, 0.2) is 0 Å². The van der Waals surface area contributed by atoms with E-state index in [2.05, 4.69) is 24.5 Å². The van der Waals surface area contributed by atoms with Gasteiger partial charge in [0.25, 0.3) is 0 Å². The summed E-state index contributed by atoms with van der Waals surface area (Å²) in [6.45, 7) is 13.1. The van der Waals surface area contributed by atoms with Crippen molar-refractivity contribution in [3.05, 3.63) is 0 Å². The summed E-state index contributed by atoms with van der Waals surface area (Å²) in [5.41, 5.74) is -0.452. The number of carbonyl (C=O) groups is 1. The maximum atomic E-state index is 11.7. The summed E-state index contributed by atoms with van der Waals surface area (Å²) in [6.07, 6.45) is 0.770. The lowest BCUT2D eigenvalue weighted by atomic mass is 10.0. The maximum Gasteiger partial charge on any atom is 0.407 e. The number of hydrogen-bond acceptors (Lipinski definition) is 4. The molecule has 1 fully saturated rings. The number of alkyl carbamates (subject to hydrolysis) is 1. The normalized spacial score (nSPS) is 21.0. The molecular weight excluding hydrogens is 256 g/mol. The molecule has 118 valence electrons. The molecule has 1 amide bonds. The van der Waals surface area contributed by atoms with Crippen LogP contribution in [0.15, 0.2) is 0 Å². The van der Waals surface area contributed by atoms with Gasteiger partial charge in [0, 0.05) is 25.7 Å². The van der Waals surface area contributed by atoms with Gasteiger partial charge in [-0.15, -0.1) is 0 Å². The van der Waals surface area contributed by atoms with Gasteiger partial charge in [0.2, 0.25) is 0 Å². The van der Waals surface area contributed by atoms with Crippen LogP contribution in [0.1, 0.15) is 41.0 Å². The molecule has 5 heteroatoms. The van der Waals surface area contributed by atoms with E-state index < -0.39 is 5.60 Å². The summed E-state index contributed by atoms with van der Waals surface area (Å²) in [7, 11) is 0. The van der Waals surface area contributed by atoms with Crippen LogP contribution in [0.4, 0.5) is 4.79 Å². The number of nitrogens with one attached hydrogen (secondary N) is 2. The molecule has 2 N–H and O–H groups in total. The van der Waals surface area contributed by atoms with Crippen molar-refractivity contribution in [2.75, 3.05) is 26.3 Å². The highest BCUT2D eigenvalue weighted by Crippen LogP contribution is 2.12. The third kappa shape index (κ3) is 7.10. The quantitative estimate of drug-likeness (QED) is 0.785. The van der Waals surface area contributed by atoms with Crippen LogP contribution in [0.5, 0.6) is 0 Å². The maximum absolute atomic E-state index is 11.7. The molecule has 0 aromatic carbocycles. The minimum atomic E-state index is -0.452. The molecule has 5 nitrogen and oxygen atoms in total. The second-order valence-electron chi connectivity index (χ2n) is 6.87. The first-order chi connectivity index (χ1) is 9.28. The molecule has 1 aliphatic heterocycles. The first-order valence-electron chi connectivity index (χ1n) is 7.56. The third-order valence-corrected chi connectivity index (χ3v) is 3.36. The first kappa shape index (κ1) is 17.2. The van der Waals surface area contributed by atoms with Crippen LogP contribution in [-0.4, -0.2) is 44.0 Å². The van der Waals surface area contributed by atoms with Gasteiger partial charge in [-0.1, -0.05) is 13.8 Å². The van der Waals surface area contributed by atoms with Gasteiger partial charge < -0.3 is 20.1 Å². The topological polar surface area (TPSA) is 59.6 Å². The molecule has 0 aromatic rings. The van der Waals surface area contributed by atoms with Gasteiger partial charge in [-0.05, 0) is 39.0 Å². The van der Waals surface area contributed by atoms with Gasteiger partial charge >= 0.3 is 6.09 Å². The van der Waals surface area contributed by atoms with E-state index >= 15 is 0 Å². The zero-order chi connectivity index (χ0) is 15.2. The second-order valence-corrected chi connectivity index (χ2v) is 6.87. The van der Waals surface area contributed by atoms with Crippen molar-refractivity contribution in [3.63, 3.8) is 0 Å². The van der Waals surface area contributed by atoms with Crippen LogP contribution >= 0.6 is 0 Å². The summed E-state index contributed by atoms with van der Waals surface area (Å²) in [6, 6.07) is 0.253. The molecule has 0 bridgehead atoms. The lowest BCUT2D eigenvalue weighted by Crippen LogP contribution is -2.46. The Hall–Kier alpha value is -0.810. The molecule has 0 spiro atoms. The van der Waals surface area contributed by atoms with Gasteiger partial charge in [-0.25, -0.2) is 4.79 Å². The number of ether oxygens (including phenoxy) is 2. The highest BCUT2D eigenvalue weighted by Gasteiger charge is 2.21. The summed E-state index contributed by atoms with van der Waals surface area (Å²) < 4.78 is 10.6. The van der Waals surface area contributed by atoms with Crippen molar-refractivity contribution in [1.82, 2.24) is 10.6 Å². The number of hydrogen-bond donors (Lipinski definition) is 2. The second kappa shape index (κ2) is 7.84. The number of rotatable bonds is 6. The van der Waals surface area contributed by atoms with Crippen molar-refractivity contribution in [1.29, 1.82) is 0 Å². The van der Waals surface area contributed by atoms with Crippen molar-refractivity contribution in [2.24, 2.45) is 11.8 Å². The summed E-state index contributed by atoms with van der Waals surface area (Å²) in [4.78, 5) is 11.7. The van der Waals surface area contributed by atoms with E-state index in [0.29, 0.717) is 18.4 Å². The van der Waals surface area contributed by atoms with Crippen molar-refractivity contribution in [3.8, 4) is 0 Å². The average molecular weight is 286 g/mol. The molecule has 2 unspecified atom stereocenters. The Morgan fingerprint density at radius 2 is 2.10 bits per heavy atom. The fourth-order valence-electron chi connectivity index (χ4n) is 2.11. The molecule has 0 aliphatic carbocycles. The van der Waals surface area contributed by atoms with Crippen LogP contribution < -0.4 is 10.6 Å². The van der Waals surface area contributed by atoms with Crippen molar-refractivity contribution >= 4 is 6.09 Å². The van der Waals surface area contributed by atoms with Crippen LogP contribution in [0.2, 0.25) is 0 Å². The zero-order valence-corrected chi connectivity index (χ0v) is 13.5. The Morgan fingerprint density at radius 1 is 1.40 bits per heavy atom. The predicted molar refractivity (Wildman–Crippen MR) is 79.8 cm³/mol. The standard InChI is InChI=1S/C15H30N2O3/c1-11(2)13(16-8-12-6-7-19-10-12)9-17-14(18)20-15(3,4)5/h11-13,16H,6-10H2,1-5H3,(H,17,18). The Kier molecular flexibility index (Phi) is 6.76. The lowest BCUT2D eigenvalue weighted by Gasteiger charge is -2.25. The van der Waals surface area contributed by atoms with E-state index in [1.807, 2.05) is 20.8 Å². The van der Waals surface area contributed by atoms with Gasteiger partial charge in [0.1, 0.15) is 5.60 Å². The van der Waals surface area contributed by atoms with Crippen LogP contribution in [0.3, 0.4) is 0 Å². The minimum absolute atomic E-state index is 0.253. The zero-order valence-electron chi connectivity index (χ0n) is 13.5. The highest BCUT2D eigenvalue weighted by molar-refractivity contribution is 5.67. The van der Waals surface area contributed by atoms with E-state index in [9.17, 15) is 4.79 Å². The number of carbonyl (C=O) groups excluding carboxylic acids is 1. The van der Waals surface area contributed by atoms with Gasteiger partial charge in [-0.3, -0.25) is 0 Å². The largest absolute Gasteiger partial charge is 0.444 e. The van der Waals surface area contributed by atoms with Crippen LogP contribution in [0, 0.1) is 11.8 Å². The van der Waals surface area contributed by atoms with Gasteiger partial charge in [0.05, 0.1) is 6.61 Å². The summed E-state index contributed by atoms with van der Waals surface area (Å²) in [5.74, 6) is 1.05. The number of amides is 1. The minimum Gasteiger partial charge on any atom is -0.444 e. The molecule has 0 aromatic heterocycles. The molecule has 0 saturated carbocycles. The Labute approximate surface area is 122 Å². The van der Waals surface area contributed by atoms with E-state index in [1.54, 1.807) is 0 Å².